The maximum Gasteiger partial charge on any atom is 0.209 e. The second-order valence-corrected chi connectivity index (χ2v) is 6.99. The number of H-pyrrole nitrogens is 1. The first kappa shape index (κ1) is 16.2. The van der Waals surface area contributed by atoms with Crippen LogP contribution in [0, 0.1) is 0 Å². The third kappa shape index (κ3) is 4.22. The zero-order valence-electron chi connectivity index (χ0n) is 11.8. The number of aromatic amines is 1. The molecule has 0 saturated carbocycles. The number of nitrogens with zero attached hydrogens (tertiary/aromatic N) is 2. The molecular weight excluding hydrogens is 398 g/mol. The van der Waals surface area contributed by atoms with Crippen LogP contribution in [0.4, 0.5) is 0 Å². The molecule has 1 N–H and O–H groups in total. The predicted molar refractivity (Wildman–Crippen MR) is 96.0 cm³/mol. The van der Waals surface area contributed by atoms with Crippen molar-refractivity contribution in [3.8, 4) is 11.4 Å². The fourth-order valence-corrected chi connectivity index (χ4v) is 2.98. The molecule has 0 unspecified atom stereocenters. The Kier molecular flexibility index (Phi) is 5.15. The van der Waals surface area contributed by atoms with Gasteiger partial charge in [-0.15, -0.1) is 5.10 Å². The zero-order valence-corrected chi connectivity index (χ0v) is 15.0. The van der Waals surface area contributed by atoms with Crippen LogP contribution in [0.25, 0.3) is 11.4 Å². The number of hydrogen-bond acceptors (Lipinski definition) is 4. The van der Waals surface area contributed by atoms with Gasteiger partial charge in [-0.3, -0.25) is 9.89 Å². The Bertz CT molecular complexity index is 818. The molecule has 3 rings (SSSR count). The Morgan fingerprint density at radius 2 is 1.83 bits per heavy atom. The van der Waals surface area contributed by atoms with Gasteiger partial charge in [0.25, 0.3) is 0 Å². The summed E-state index contributed by atoms with van der Waals surface area (Å²) in [7, 11) is 0. The van der Waals surface area contributed by atoms with Gasteiger partial charge in [0.15, 0.2) is 11.6 Å². The highest BCUT2D eigenvalue weighted by molar-refractivity contribution is 9.10. The number of aromatic nitrogens is 3. The largest absolute Gasteiger partial charge is 0.293 e. The fourth-order valence-electron chi connectivity index (χ4n) is 1.90. The molecule has 4 nitrogen and oxygen atoms in total. The summed E-state index contributed by atoms with van der Waals surface area (Å²) in [5.41, 5.74) is 1.57. The Hall–Kier alpha value is -1.63. The minimum Gasteiger partial charge on any atom is -0.293 e. The van der Waals surface area contributed by atoms with E-state index in [0.717, 1.165) is 10.0 Å². The molecule has 0 aliphatic carbocycles. The van der Waals surface area contributed by atoms with Crippen LogP contribution in [0.15, 0.2) is 58.2 Å². The molecule has 116 valence electrons. The van der Waals surface area contributed by atoms with Crippen molar-refractivity contribution >= 4 is 45.1 Å². The molecule has 2 aromatic carbocycles. The molecule has 0 atom stereocenters. The van der Waals surface area contributed by atoms with Gasteiger partial charge in [0, 0.05) is 20.6 Å². The van der Waals surface area contributed by atoms with E-state index in [1.807, 2.05) is 24.3 Å². The van der Waals surface area contributed by atoms with Crippen LogP contribution in [0.2, 0.25) is 5.02 Å². The van der Waals surface area contributed by atoms with E-state index in [2.05, 4.69) is 31.1 Å². The van der Waals surface area contributed by atoms with E-state index >= 15 is 0 Å². The molecule has 0 aliphatic rings. The van der Waals surface area contributed by atoms with Crippen molar-refractivity contribution in [1.29, 1.82) is 0 Å². The average molecular weight is 409 g/mol. The topological polar surface area (TPSA) is 58.6 Å². The van der Waals surface area contributed by atoms with Gasteiger partial charge in [-0.2, -0.15) is 0 Å². The SMILES string of the molecule is O=C(CSc1n[nH]c(-c2ccc(Cl)cc2)n1)c1ccc(Br)cc1. The molecule has 0 spiro atoms. The number of rotatable bonds is 5. The van der Waals surface area contributed by atoms with Gasteiger partial charge in [-0.05, 0) is 36.4 Å². The van der Waals surface area contributed by atoms with Crippen molar-refractivity contribution in [2.45, 2.75) is 5.16 Å². The van der Waals surface area contributed by atoms with Crippen LogP contribution in [0.1, 0.15) is 10.4 Å². The number of hydrogen-bond donors (Lipinski definition) is 1. The maximum absolute atomic E-state index is 12.1. The summed E-state index contributed by atoms with van der Waals surface area (Å²) in [5.74, 6) is 0.986. The number of thioether (sulfide) groups is 1. The molecule has 23 heavy (non-hydrogen) atoms. The number of ketones is 1. The van der Waals surface area contributed by atoms with E-state index < -0.39 is 0 Å². The number of benzene rings is 2. The van der Waals surface area contributed by atoms with Crippen molar-refractivity contribution in [2.75, 3.05) is 5.75 Å². The van der Waals surface area contributed by atoms with Crippen LogP contribution in [0.3, 0.4) is 0 Å². The Labute approximate surface area is 150 Å². The van der Waals surface area contributed by atoms with Gasteiger partial charge in [-0.1, -0.05) is 51.4 Å². The Morgan fingerprint density at radius 1 is 1.13 bits per heavy atom. The molecule has 0 aliphatic heterocycles. The van der Waals surface area contributed by atoms with Gasteiger partial charge in [0.1, 0.15) is 0 Å². The third-order valence-electron chi connectivity index (χ3n) is 3.08. The molecule has 0 bridgehead atoms. The van der Waals surface area contributed by atoms with Gasteiger partial charge < -0.3 is 0 Å². The summed E-state index contributed by atoms with van der Waals surface area (Å²) < 4.78 is 0.947. The van der Waals surface area contributed by atoms with E-state index in [1.54, 1.807) is 24.3 Å². The molecule has 7 heteroatoms. The van der Waals surface area contributed by atoms with Gasteiger partial charge in [0.2, 0.25) is 5.16 Å². The monoisotopic (exact) mass is 407 g/mol. The number of nitrogens with one attached hydrogen (secondary N) is 1. The van der Waals surface area contributed by atoms with Gasteiger partial charge in [0.05, 0.1) is 5.75 Å². The highest BCUT2D eigenvalue weighted by atomic mass is 79.9. The molecular formula is C16H11BrClN3OS. The van der Waals surface area contributed by atoms with Crippen molar-refractivity contribution < 1.29 is 4.79 Å². The van der Waals surface area contributed by atoms with Gasteiger partial charge >= 0.3 is 0 Å². The quantitative estimate of drug-likeness (QED) is 0.484. The minimum atomic E-state index is 0.0420. The number of Topliss-reactive ketones (excluding diaryl/α,β-unsaturated/α-hetero) is 1. The highest BCUT2D eigenvalue weighted by Crippen LogP contribution is 2.21. The van der Waals surface area contributed by atoms with Crippen LogP contribution in [-0.4, -0.2) is 26.7 Å². The first-order valence-corrected chi connectivity index (χ1v) is 8.87. The molecule has 0 radical (unpaired) electrons. The second-order valence-electron chi connectivity index (χ2n) is 4.69. The van der Waals surface area contributed by atoms with Crippen LogP contribution < -0.4 is 0 Å². The maximum atomic E-state index is 12.1. The normalized spacial score (nSPS) is 10.7. The van der Waals surface area contributed by atoms with E-state index in [1.165, 1.54) is 11.8 Å². The number of halogens is 2. The molecule has 1 heterocycles. The van der Waals surface area contributed by atoms with E-state index in [-0.39, 0.29) is 5.78 Å². The van der Waals surface area contributed by atoms with E-state index in [9.17, 15) is 4.79 Å². The molecule has 1 aromatic heterocycles. The fraction of sp³-hybridized carbons (Fsp3) is 0.0625. The lowest BCUT2D eigenvalue weighted by Gasteiger charge is -1.99. The lowest BCUT2D eigenvalue weighted by molar-refractivity contribution is 0.102. The standard InChI is InChI=1S/C16H11BrClN3OS/c17-12-5-1-10(2-6-12)14(22)9-23-16-19-15(20-21-16)11-3-7-13(18)8-4-11/h1-8H,9H2,(H,19,20,21). The van der Waals surface area contributed by atoms with E-state index in [0.29, 0.717) is 27.3 Å². The summed E-state index contributed by atoms with van der Waals surface area (Å²) in [4.78, 5) is 16.5. The number of carbonyl (C=O) groups excluding carboxylic acids is 1. The first-order chi connectivity index (χ1) is 11.1. The van der Waals surface area contributed by atoms with Crippen LogP contribution >= 0.6 is 39.3 Å². The summed E-state index contributed by atoms with van der Waals surface area (Å²) in [5, 5.41) is 8.21. The van der Waals surface area contributed by atoms with E-state index in [4.69, 9.17) is 11.6 Å². The van der Waals surface area contributed by atoms with Gasteiger partial charge in [-0.25, -0.2) is 4.98 Å². The third-order valence-corrected chi connectivity index (χ3v) is 4.71. The summed E-state index contributed by atoms with van der Waals surface area (Å²) >= 11 is 10.5. The van der Waals surface area contributed by atoms with Crippen molar-refractivity contribution in [3.05, 3.63) is 63.6 Å². The number of carbonyl (C=O) groups is 1. The minimum absolute atomic E-state index is 0.0420. The first-order valence-electron chi connectivity index (χ1n) is 6.72. The zero-order chi connectivity index (χ0) is 16.2. The van der Waals surface area contributed by atoms with Crippen molar-refractivity contribution in [1.82, 2.24) is 15.2 Å². The van der Waals surface area contributed by atoms with Crippen LogP contribution in [0.5, 0.6) is 0 Å². The summed E-state index contributed by atoms with van der Waals surface area (Å²) in [6.45, 7) is 0. The van der Waals surface area contributed by atoms with Crippen LogP contribution in [-0.2, 0) is 0 Å². The highest BCUT2D eigenvalue weighted by Gasteiger charge is 2.10. The molecule has 0 fully saturated rings. The lowest BCUT2D eigenvalue weighted by atomic mass is 10.2. The predicted octanol–water partition coefficient (Wildman–Crippen LogP) is 4.86. The Morgan fingerprint density at radius 3 is 2.52 bits per heavy atom. The molecule has 0 amide bonds. The lowest BCUT2D eigenvalue weighted by Crippen LogP contribution is -2.02. The van der Waals surface area contributed by atoms with Crippen molar-refractivity contribution in [3.63, 3.8) is 0 Å². The van der Waals surface area contributed by atoms with Crippen molar-refractivity contribution in [2.24, 2.45) is 0 Å². The molecule has 3 aromatic rings. The second kappa shape index (κ2) is 7.29. The smallest absolute Gasteiger partial charge is 0.209 e. The molecule has 0 saturated heterocycles. The average Bonchev–Trinajstić information content (AvgIpc) is 3.03. The Balaban J connectivity index is 1.64. The summed E-state index contributed by atoms with van der Waals surface area (Å²) in [6, 6.07) is 14.6. The summed E-state index contributed by atoms with van der Waals surface area (Å²) in [6.07, 6.45) is 0.